The van der Waals surface area contributed by atoms with Gasteiger partial charge in [-0.1, -0.05) is 160 Å². The van der Waals surface area contributed by atoms with Gasteiger partial charge in [-0.05, 0) is 89.9 Å². The van der Waals surface area contributed by atoms with E-state index in [1.165, 1.54) is 0 Å². The summed E-state index contributed by atoms with van der Waals surface area (Å²) < 4.78 is 33.5. The molecule has 340 valence electrons. The Balaban J connectivity index is 4.61. The number of hydrogen-bond donors (Lipinski definition) is 0. The molecule has 0 rings (SSSR count). The van der Waals surface area contributed by atoms with Crippen LogP contribution in [0, 0.1) is 0 Å². The first-order valence-corrected chi connectivity index (χ1v) is 23.5. The largest absolute Gasteiger partial charge is 0.756 e. The Morgan fingerprint density at radius 1 is 0.508 bits per heavy atom. The average molecular weight is 864 g/mol. The van der Waals surface area contributed by atoms with E-state index in [1.54, 1.807) is 0 Å². The van der Waals surface area contributed by atoms with Crippen molar-refractivity contribution < 1.29 is 42.1 Å². The molecule has 0 radical (unpaired) electrons. The highest BCUT2D eigenvalue weighted by atomic mass is 31.2. The van der Waals surface area contributed by atoms with Crippen LogP contribution < -0.4 is 4.89 Å². The normalized spacial score (nSPS) is 14.9. The van der Waals surface area contributed by atoms with Gasteiger partial charge in [0, 0.05) is 12.8 Å². The zero-order valence-electron chi connectivity index (χ0n) is 38.0. The smallest absolute Gasteiger partial charge is 0.308 e. The lowest BCUT2D eigenvalue weighted by atomic mass is 10.2. The SMILES string of the molecule is CC/C=C\C/C=C\C/C=C\C/C=C\C/C=C\C/C=C\CCC(=O)OC[C@@H](OC(=O)CC/C=C\C/C=C\C/C=C\C/C=C\C/C=C\C/C=C\CC)OP(=O)([O-])OCC[N+](C)(C)C. The quantitative estimate of drug-likeness (QED) is 0.0200. The molecule has 0 amide bonds. The van der Waals surface area contributed by atoms with Gasteiger partial charge in [-0.2, -0.15) is 0 Å². The molecule has 0 bridgehead atoms. The van der Waals surface area contributed by atoms with E-state index >= 15 is 0 Å². The third kappa shape index (κ3) is 45.3. The number of allylic oxidation sites excluding steroid dienone is 24. The van der Waals surface area contributed by atoms with Gasteiger partial charge in [-0.3, -0.25) is 18.7 Å². The summed E-state index contributed by atoms with van der Waals surface area (Å²) in [5, 5.41) is 0. The lowest BCUT2D eigenvalue weighted by Crippen LogP contribution is -2.38. The molecule has 0 spiro atoms. The molecule has 0 saturated carbocycles. The second-order valence-electron chi connectivity index (χ2n) is 14.9. The monoisotopic (exact) mass is 864 g/mol. The predicted molar refractivity (Wildman–Crippen MR) is 253 cm³/mol. The van der Waals surface area contributed by atoms with Crippen LogP contribution in [0.1, 0.15) is 117 Å². The van der Waals surface area contributed by atoms with Crippen molar-refractivity contribution in [3.63, 3.8) is 0 Å². The van der Waals surface area contributed by atoms with Crippen LogP contribution >= 0.6 is 7.82 Å². The number of carbonyl (C=O) groups is 2. The molecule has 0 aliphatic carbocycles. The van der Waals surface area contributed by atoms with Crippen LogP contribution in [0.4, 0.5) is 0 Å². The van der Waals surface area contributed by atoms with Crippen molar-refractivity contribution in [2.75, 3.05) is 40.9 Å². The first-order chi connectivity index (χ1) is 29.5. The highest BCUT2D eigenvalue weighted by molar-refractivity contribution is 7.45. The van der Waals surface area contributed by atoms with E-state index in [-0.39, 0.29) is 19.4 Å². The maximum Gasteiger partial charge on any atom is 0.308 e. The Morgan fingerprint density at radius 2 is 0.820 bits per heavy atom. The minimum Gasteiger partial charge on any atom is -0.756 e. The first kappa shape index (κ1) is 56.9. The Labute approximate surface area is 370 Å². The van der Waals surface area contributed by atoms with Gasteiger partial charge in [0.15, 0.2) is 6.61 Å². The molecular formula is C51H78NO8P. The molecule has 0 aromatic carbocycles. The van der Waals surface area contributed by atoms with Gasteiger partial charge in [0.2, 0.25) is 6.29 Å². The Hall–Kier alpha value is -4.11. The van der Waals surface area contributed by atoms with Gasteiger partial charge in [-0.15, -0.1) is 0 Å². The van der Waals surface area contributed by atoms with E-state index in [4.69, 9.17) is 18.5 Å². The molecule has 0 heterocycles. The summed E-state index contributed by atoms with van der Waals surface area (Å²) in [4.78, 5) is 37.6. The van der Waals surface area contributed by atoms with Crippen molar-refractivity contribution in [3.05, 3.63) is 146 Å². The summed E-state index contributed by atoms with van der Waals surface area (Å²) in [5.74, 6) is -1.27. The van der Waals surface area contributed by atoms with Crippen molar-refractivity contribution in [3.8, 4) is 0 Å². The fourth-order valence-corrected chi connectivity index (χ4v) is 5.57. The summed E-state index contributed by atoms with van der Waals surface area (Å²) in [6.45, 7) is 3.96. The van der Waals surface area contributed by atoms with Crippen molar-refractivity contribution in [1.29, 1.82) is 0 Å². The van der Waals surface area contributed by atoms with Crippen LogP contribution in [-0.2, 0) is 32.7 Å². The number of phosphoric ester groups is 1. The predicted octanol–water partition coefficient (Wildman–Crippen LogP) is 12.6. The molecule has 2 atom stereocenters. The van der Waals surface area contributed by atoms with E-state index in [0.717, 1.165) is 70.6 Å². The number of esters is 2. The zero-order chi connectivity index (χ0) is 45.0. The minimum atomic E-state index is -4.87. The number of nitrogens with zero attached hydrogens (tertiary/aromatic N) is 1. The zero-order valence-corrected chi connectivity index (χ0v) is 38.9. The number of hydrogen-bond acceptors (Lipinski definition) is 8. The van der Waals surface area contributed by atoms with Gasteiger partial charge in [0.1, 0.15) is 13.2 Å². The molecule has 0 fully saturated rings. The van der Waals surface area contributed by atoms with Gasteiger partial charge < -0.3 is 23.4 Å². The van der Waals surface area contributed by atoms with Crippen molar-refractivity contribution in [2.45, 2.75) is 123 Å². The Bertz CT molecular complexity index is 1530. The van der Waals surface area contributed by atoms with Gasteiger partial charge in [-0.25, -0.2) is 0 Å². The van der Waals surface area contributed by atoms with Crippen molar-refractivity contribution in [1.82, 2.24) is 0 Å². The highest BCUT2D eigenvalue weighted by Crippen LogP contribution is 2.40. The summed E-state index contributed by atoms with van der Waals surface area (Å²) in [6.07, 6.45) is 60.8. The van der Waals surface area contributed by atoms with Crippen molar-refractivity contribution in [2.24, 2.45) is 0 Å². The molecule has 9 nitrogen and oxygen atoms in total. The molecule has 0 aliphatic rings. The summed E-state index contributed by atoms with van der Waals surface area (Å²) >= 11 is 0. The molecular weight excluding hydrogens is 786 g/mol. The molecule has 0 N–H and O–H groups in total. The summed E-state index contributed by atoms with van der Waals surface area (Å²) in [7, 11) is 0.806. The van der Waals surface area contributed by atoms with E-state index < -0.39 is 32.7 Å². The number of ether oxygens (including phenoxy) is 2. The lowest BCUT2D eigenvalue weighted by molar-refractivity contribution is -0.870. The van der Waals surface area contributed by atoms with Gasteiger partial charge in [0.05, 0.1) is 21.1 Å². The molecule has 0 aliphatic heterocycles. The Kier molecular flexibility index (Phi) is 38.5. The topological polar surface area (TPSA) is 111 Å². The molecule has 61 heavy (non-hydrogen) atoms. The fourth-order valence-electron chi connectivity index (χ4n) is 4.81. The van der Waals surface area contributed by atoms with Gasteiger partial charge in [0.25, 0.3) is 7.82 Å². The van der Waals surface area contributed by atoms with Crippen molar-refractivity contribution >= 4 is 19.8 Å². The van der Waals surface area contributed by atoms with E-state index in [2.05, 4.69) is 135 Å². The molecule has 0 aromatic heterocycles. The van der Waals surface area contributed by atoms with E-state index in [9.17, 15) is 19.0 Å². The standard InChI is InChI=1S/C51H78NO8P/c1-6-8-10-12-14-16-18-20-22-24-26-28-30-32-34-36-38-40-42-44-49(53)57-48-51(60-61(55,56)58-47-46-52(3,4)5)59-50(54)45-43-41-39-37-35-33-31-29-27-25-23-21-19-17-15-13-11-9-7-2/h8-11,14-17,20-23,26-29,32-35,38-41,51H,6-7,12-13,18-19,24-25,30-31,36-37,42-48H2,1-5H3/b10-8-,11-9-,16-14-,17-15-,22-20-,23-21-,28-26-,29-27-,34-32-,35-33-,40-38-,41-39-/t51-/m0/s1. The number of likely N-dealkylation sites (N-methyl/N-ethyl adjacent to an activating group) is 1. The number of quaternary nitrogens is 1. The van der Waals surface area contributed by atoms with Crippen LogP contribution in [0.2, 0.25) is 0 Å². The van der Waals surface area contributed by atoms with E-state index in [0.29, 0.717) is 30.3 Å². The summed E-state index contributed by atoms with van der Waals surface area (Å²) in [5.41, 5.74) is 0. The third-order valence-corrected chi connectivity index (χ3v) is 9.12. The second kappa shape index (κ2) is 41.3. The average Bonchev–Trinajstić information content (AvgIpc) is 3.21. The molecule has 10 heteroatoms. The Morgan fingerprint density at radius 3 is 1.15 bits per heavy atom. The first-order valence-electron chi connectivity index (χ1n) is 22.1. The summed E-state index contributed by atoms with van der Waals surface area (Å²) in [6, 6.07) is 0. The lowest BCUT2D eigenvalue weighted by Gasteiger charge is -2.29. The maximum absolute atomic E-state index is 12.6. The maximum atomic E-state index is 12.6. The van der Waals surface area contributed by atoms with Crippen LogP contribution in [0.3, 0.4) is 0 Å². The molecule has 0 aromatic rings. The molecule has 1 unspecified atom stereocenters. The second-order valence-corrected chi connectivity index (χ2v) is 16.3. The van der Waals surface area contributed by atoms with Crippen LogP contribution in [-0.4, -0.2) is 63.6 Å². The fraction of sp³-hybridized carbons (Fsp3) is 0.490. The van der Waals surface area contributed by atoms with Gasteiger partial charge >= 0.3 is 11.9 Å². The number of carbonyl (C=O) groups excluding carboxylic acids is 2. The minimum absolute atomic E-state index is 0.00975. The number of phosphoric acid groups is 1. The highest BCUT2D eigenvalue weighted by Gasteiger charge is 2.24. The molecule has 0 saturated heterocycles. The third-order valence-electron chi connectivity index (χ3n) is 8.12. The van der Waals surface area contributed by atoms with Crippen LogP contribution in [0.5, 0.6) is 0 Å². The number of rotatable bonds is 37. The van der Waals surface area contributed by atoms with E-state index in [1.807, 2.05) is 45.4 Å². The van der Waals surface area contributed by atoms with Crippen LogP contribution in [0.15, 0.2) is 146 Å². The van der Waals surface area contributed by atoms with Crippen LogP contribution in [0.25, 0.3) is 0 Å².